The summed E-state index contributed by atoms with van der Waals surface area (Å²) in [6.45, 7) is 5.14. The maximum Gasteiger partial charge on any atom is 0.296 e. The van der Waals surface area contributed by atoms with E-state index in [0.717, 1.165) is 23.9 Å². The van der Waals surface area contributed by atoms with Crippen LogP contribution in [-0.4, -0.2) is 49.1 Å². The van der Waals surface area contributed by atoms with Gasteiger partial charge < -0.3 is 15.5 Å². The van der Waals surface area contributed by atoms with E-state index in [9.17, 15) is 49.1 Å². The first-order valence-electron chi connectivity index (χ1n) is 19.0. The lowest BCUT2D eigenvalue weighted by atomic mass is 10.1. The van der Waals surface area contributed by atoms with Crippen molar-refractivity contribution in [1.29, 1.82) is 0 Å². The lowest BCUT2D eigenvalue weighted by Gasteiger charge is -2.11. The monoisotopic (exact) mass is 949 g/mol. The first-order chi connectivity index (χ1) is 31.1. The second-order valence-corrected chi connectivity index (χ2v) is 18.6. The second-order valence-electron chi connectivity index (χ2n) is 14.4. The average Bonchev–Trinajstić information content (AvgIpc) is 3.25. The highest BCUT2D eigenvalue weighted by Gasteiger charge is 2.23. The number of aromatic hydroxyl groups is 2. The molecule has 0 unspecified atom stereocenters. The van der Waals surface area contributed by atoms with Crippen molar-refractivity contribution in [2.75, 3.05) is 5.32 Å². The van der Waals surface area contributed by atoms with Gasteiger partial charge in [0.2, 0.25) is 0 Å². The van der Waals surface area contributed by atoms with Crippen molar-refractivity contribution in [3.63, 3.8) is 0 Å². The van der Waals surface area contributed by atoms with Crippen LogP contribution in [0, 0.1) is 20.8 Å². The van der Waals surface area contributed by atoms with Crippen LogP contribution in [0.5, 0.6) is 11.5 Å². The molecule has 20 nitrogen and oxygen atoms in total. The summed E-state index contributed by atoms with van der Waals surface area (Å²) in [5.41, 5.74) is 4.08. The Kier molecular flexibility index (Phi) is 12.9. The Labute approximate surface area is 376 Å². The van der Waals surface area contributed by atoms with Gasteiger partial charge in [-0.05, 0) is 140 Å². The number of hydrogen-bond acceptors (Lipinski definition) is 17. The van der Waals surface area contributed by atoms with Crippen LogP contribution in [-0.2, 0) is 30.4 Å². The van der Waals surface area contributed by atoms with Gasteiger partial charge in [0.1, 0.15) is 32.6 Å². The van der Waals surface area contributed by atoms with Crippen LogP contribution >= 0.6 is 0 Å². The van der Waals surface area contributed by atoms with Gasteiger partial charge in [-0.3, -0.25) is 13.7 Å². The number of phenols is 2. The third kappa shape index (κ3) is 10.8. The fourth-order valence-electron chi connectivity index (χ4n) is 6.28. The zero-order valence-electron chi connectivity index (χ0n) is 34.5. The number of aryl methyl sites for hydroxylation is 3. The van der Waals surface area contributed by atoms with Gasteiger partial charge in [0, 0.05) is 22.8 Å². The van der Waals surface area contributed by atoms with Crippen molar-refractivity contribution in [2.24, 2.45) is 40.9 Å². The first-order valence-corrected chi connectivity index (χ1v) is 23.4. The molecule has 0 aromatic heterocycles. The van der Waals surface area contributed by atoms with Gasteiger partial charge >= 0.3 is 0 Å². The van der Waals surface area contributed by atoms with E-state index in [-0.39, 0.29) is 28.2 Å². The molecule has 0 aliphatic carbocycles. The number of hydrogen-bond donors (Lipinski definition) is 6. The minimum atomic E-state index is -4.93. The van der Waals surface area contributed by atoms with E-state index in [4.69, 9.17) is 0 Å². The fourth-order valence-corrected chi connectivity index (χ4v) is 8.16. The molecule has 0 bridgehead atoms. The number of anilines is 2. The summed E-state index contributed by atoms with van der Waals surface area (Å²) < 4.78 is 100. The third-order valence-corrected chi connectivity index (χ3v) is 12.2. The van der Waals surface area contributed by atoms with Crippen LogP contribution in [0.25, 0.3) is 10.8 Å². The molecule has 0 radical (unpaired) electrons. The SMILES string of the molecule is Cc1cc(N=Nc2cc(O)c(N=Nc3c(S(=O)(=O)O)cc4cc(Nc5ccccc5)ccc4c3O)cc2C)ccc1N=Nc1ccc(N=Nc2ccc(S(=O)(=O)O)cc2S(=O)(=O)O)c(C)c1. The van der Waals surface area contributed by atoms with Gasteiger partial charge in [-0.1, -0.05) is 18.2 Å². The molecule has 7 aromatic rings. The number of azo groups is 4. The summed E-state index contributed by atoms with van der Waals surface area (Å²) in [5.74, 6) is -0.943. The molecule has 23 heteroatoms. The maximum absolute atomic E-state index is 12.5. The number of nitrogens with zero attached hydrogens (tertiary/aromatic N) is 8. The molecule has 7 aromatic carbocycles. The van der Waals surface area contributed by atoms with Crippen molar-refractivity contribution in [2.45, 2.75) is 35.5 Å². The molecular weight excluding hydrogens is 915 g/mol. The fraction of sp³-hybridized carbons (Fsp3) is 0.0698. The van der Waals surface area contributed by atoms with Crippen molar-refractivity contribution < 1.29 is 49.1 Å². The van der Waals surface area contributed by atoms with Gasteiger partial charge in [-0.2, -0.15) is 50.8 Å². The zero-order chi connectivity index (χ0) is 47.6. The van der Waals surface area contributed by atoms with E-state index in [2.05, 4.69) is 46.2 Å². The van der Waals surface area contributed by atoms with Crippen LogP contribution < -0.4 is 5.32 Å². The topological polar surface area (TPSA) is 314 Å². The van der Waals surface area contributed by atoms with E-state index in [1.165, 1.54) is 18.2 Å². The summed E-state index contributed by atoms with van der Waals surface area (Å²) in [5, 5.41) is 58.6. The highest BCUT2D eigenvalue weighted by Crippen LogP contribution is 2.44. The van der Waals surface area contributed by atoms with Gasteiger partial charge in [-0.25, -0.2) is 0 Å². The van der Waals surface area contributed by atoms with Gasteiger partial charge in [-0.15, -0.1) is 15.3 Å². The van der Waals surface area contributed by atoms with Gasteiger partial charge in [0.15, 0.2) is 5.75 Å². The van der Waals surface area contributed by atoms with Crippen molar-refractivity contribution in [3.8, 4) is 11.5 Å². The van der Waals surface area contributed by atoms with Gasteiger partial charge in [0.05, 0.1) is 33.3 Å². The molecule has 0 saturated heterocycles. The largest absolute Gasteiger partial charge is 0.506 e. The molecule has 0 amide bonds. The summed E-state index contributed by atoms with van der Waals surface area (Å²) in [4.78, 5) is -2.32. The van der Waals surface area contributed by atoms with Gasteiger partial charge in [0.25, 0.3) is 30.4 Å². The molecule has 0 heterocycles. The van der Waals surface area contributed by atoms with E-state index in [0.29, 0.717) is 56.6 Å². The molecule has 336 valence electrons. The number of phenolic OH excluding ortho intramolecular Hbond substituents is 2. The average molecular weight is 950 g/mol. The molecule has 7 rings (SSSR count). The Morgan fingerprint density at radius 3 is 1.58 bits per heavy atom. The van der Waals surface area contributed by atoms with E-state index < -0.39 is 56.5 Å². The second kappa shape index (κ2) is 18.4. The number of benzene rings is 7. The van der Waals surface area contributed by atoms with Crippen molar-refractivity contribution in [3.05, 3.63) is 138 Å². The van der Waals surface area contributed by atoms with E-state index >= 15 is 0 Å². The Balaban J connectivity index is 1.05. The molecule has 66 heavy (non-hydrogen) atoms. The Morgan fingerprint density at radius 1 is 0.439 bits per heavy atom. The zero-order valence-corrected chi connectivity index (χ0v) is 37.0. The van der Waals surface area contributed by atoms with Crippen LogP contribution in [0.15, 0.2) is 177 Å². The van der Waals surface area contributed by atoms with Crippen LogP contribution in [0.3, 0.4) is 0 Å². The van der Waals surface area contributed by atoms with E-state index in [1.54, 1.807) is 69.3 Å². The Morgan fingerprint density at radius 2 is 0.985 bits per heavy atom. The predicted molar refractivity (Wildman–Crippen MR) is 243 cm³/mol. The highest BCUT2D eigenvalue weighted by molar-refractivity contribution is 7.87. The Bertz CT molecular complexity index is 3550. The molecule has 0 fully saturated rings. The summed E-state index contributed by atoms with van der Waals surface area (Å²) in [6, 6.07) is 30.1. The van der Waals surface area contributed by atoms with Crippen LogP contribution in [0.2, 0.25) is 0 Å². The number of rotatable bonds is 13. The minimum Gasteiger partial charge on any atom is -0.506 e. The lowest BCUT2D eigenvalue weighted by molar-refractivity contribution is 0.471. The normalized spacial score (nSPS) is 12.6. The number of para-hydroxylation sites is 1. The molecular formula is C43H35N9O11S3. The molecule has 0 aliphatic rings. The van der Waals surface area contributed by atoms with Crippen molar-refractivity contribution >= 4 is 98.0 Å². The third-order valence-electron chi connectivity index (χ3n) is 9.62. The quantitative estimate of drug-likeness (QED) is 0.0464. The first kappa shape index (κ1) is 46.3. The van der Waals surface area contributed by atoms with Crippen LogP contribution in [0.4, 0.5) is 56.9 Å². The molecule has 0 aliphatic heterocycles. The standard InChI is InChI=1S/C43H35N9O11S3/c1-24-17-31(10-14-34(24)47-45-30-11-15-35(25(2)18-30)48-49-36-16-12-32(64(55,56)57)22-40(36)65(58,59)60)46-50-37-23-39(53)38(19-26(37)3)51-52-42-41(66(61,62)63)21-27-20-29(9-13-33(27)43(42)54)44-28-7-5-4-6-8-28/h4-23,44,53-54H,1-3H3,(H,55,56,57)(H,58,59,60)(H,61,62,63). The lowest BCUT2D eigenvalue weighted by Crippen LogP contribution is -2.03. The predicted octanol–water partition coefficient (Wildman–Crippen LogP) is 12.3. The molecule has 0 spiro atoms. The number of fused-ring (bicyclic) bond motifs is 1. The molecule has 0 saturated carbocycles. The molecule has 6 N–H and O–H groups in total. The summed E-state index contributed by atoms with van der Waals surface area (Å²) in [7, 11) is -14.6. The highest BCUT2D eigenvalue weighted by atomic mass is 32.2. The Hall–Kier alpha value is -7.67. The van der Waals surface area contributed by atoms with Crippen LogP contribution in [0.1, 0.15) is 16.7 Å². The summed E-state index contributed by atoms with van der Waals surface area (Å²) >= 11 is 0. The smallest absolute Gasteiger partial charge is 0.296 e. The summed E-state index contributed by atoms with van der Waals surface area (Å²) in [6.07, 6.45) is 0. The van der Waals surface area contributed by atoms with Crippen molar-refractivity contribution in [1.82, 2.24) is 0 Å². The van der Waals surface area contributed by atoms with E-state index in [1.807, 2.05) is 30.3 Å². The number of nitrogens with one attached hydrogen (secondary N) is 1. The maximum atomic E-state index is 12.5. The minimum absolute atomic E-state index is 0.0879. The molecule has 0 atom stereocenters.